The summed E-state index contributed by atoms with van der Waals surface area (Å²) in [5, 5.41) is 2.69. The molecule has 0 spiro atoms. The van der Waals surface area contributed by atoms with E-state index in [0.29, 0.717) is 30.5 Å². The Kier molecular flexibility index (Phi) is 7.71. The molecule has 2 aromatic rings. The molecular weight excluding hydrogens is 528 g/mol. The molecule has 1 aromatic heterocycles. The number of hydrogen-bond donors (Lipinski definition) is 1. The summed E-state index contributed by atoms with van der Waals surface area (Å²) in [4.78, 5) is 17.5. The van der Waals surface area contributed by atoms with Crippen molar-refractivity contribution in [2.45, 2.75) is 50.1 Å². The topological polar surface area (TPSA) is 45.2 Å². The average molecular weight is 552 g/mol. The van der Waals surface area contributed by atoms with E-state index in [2.05, 4.69) is 10.3 Å². The second kappa shape index (κ2) is 10.3. The highest BCUT2D eigenvalue weighted by atomic mass is 35.5. The molecule has 4 rings (SSSR count). The van der Waals surface area contributed by atoms with Crippen molar-refractivity contribution in [1.82, 2.24) is 9.88 Å². The molecule has 2 aliphatic rings. The zero-order valence-corrected chi connectivity index (χ0v) is 20.8. The molecule has 2 atom stereocenters. The summed E-state index contributed by atoms with van der Waals surface area (Å²) in [6.07, 6.45) is -6.65. The number of pyridine rings is 1. The number of carbonyl (C=O) groups is 1. The Hall–Kier alpha value is -2.14. The Morgan fingerprint density at radius 1 is 1.11 bits per heavy atom. The number of aromatic nitrogens is 1. The third kappa shape index (κ3) is 5.72. The van der Waals surface area contributed by atoms with Gasteiger partial charge < -0.3 is 10.2 Å². The van der Waals surface area contributed by atoms with E-state index in [1.165, 1.54) is 24.4 Å². The standard InChI is InChI=1S/C24H24ClF6N3OS/c1-34(22(35)13-6-8-36-9-7-13)21(24(29,30)31)19-5-3-15(12-32-19)33-16-10-14-2-4-18(25)20(17(14)11-16)23(26,27)28/h2-5,12-13,16,21,33H,6-11H2,1H3. The van der Waals surface area contributed by atoms with Gasteiger partial charge in [-0.15, -0.1) is 0 Å². The number of carbonyl (C=O) groups excluding carboxylic acids is 1. The van der Waals surface area contributed by atoms with Gasteiger partial charge in [-0.2, -0.15) is 38.1 Å². The molecule has 1 aliphatic carbocycles. The summed E-state index contributed by atoms with van der Waals surface area (Å²) >= 11 is 7.49. The van der Waals surface area contributed by atoms with Crippen LogP contribution in [0.4, 0.5) is 32.0 Å². The molecule has 1 N–H and O–H groups in total. The first-order valence-corrected chi connectivity index (χ1v) is 12.9. The van der Waals surface area contributed by atoms with E-state index >= 15 is 0 Å². The van der Waals surface area contributed by atoms with Gasteiger partial charge in [0.25, 0.3) is 0 Å². The van der Waals surface area contributed by atoms with Crippen molar-refractivity contribution in [3.05, 3.63) is 57.9 Å². The van der Waals surface area contributed by atoms with Crippen molar-refractivity contribution in [2.24, 2.45) is 5.92 Å². The summed E-state index contributed by atoms with van der Waals surface area (Å²) in [6, 6.07) is 2.78. The minimum Gasteiger partial charge on any atom is -0.380 e. The highest BCUT2D eigenvalue weighted by Crippen LogP contribution is 2.42. The molecule has 196 valence electrons. The molecule has 0 saturated carbocycles. The molecule has 4 nitrogen and oxygen atoms in total. The summed E-state index contributed by atoms with van der Waals surface area (Å²) in [7, 11) is 1.15. The Balaban J connectivity index is 1.49. The summed E-state index contributed by atoms with van der Waals surface area (Å²) in [6.45, 7) is 0. The summed E-state index contributed by atoms with van der Waals surface area (Å²) < 4.78 is 82.4. The van der Waals surface area contributed by atoms with Gasteiger partial charge in [-0.1, -0.05) is 17.7 Å². The van der Waals surface area contributed by atoms with Crippen molar-refractivity contribution in [2.75, 3.05) is 23.9 Å². The van der Waals surface area contributed by atoms with Gasteiger partial charge in [0.15, 0.2) is 6.04 Å². The first-order chi connectivity index (χ1) is 16.9. The van der Waals surface area contributed by atoms with Crippen LogP contribution in [0.1, 0.15) is 41.3 Å². The maximum Gasteiger partial charge on any atom is 0.418 e. The van der Waals surface area contributed by atoms with E-state index in [-0.39, 0.29) is 22.7 Å². The van der Waals surface area contributed by atoms with Crippen LogP contribution in [0.3, 0.4) is 0 Å². The van der Waals surface area contributed by atoms with Gasteiger partial charge in [0.1, 0.15) is 0 Å². The van der Waals surface area contributed by atoms with Crippen molar-refractivity contribution in [1.29, 1.82) is 0 Å². The van der Waals surface area contributed by atoms with Gasteiger partial charge in [0.2, 0.25) is 5.91 Å². The van der Waals surface area contributed by atoms with E-state index in [0.717, 1.165) is 23.5 Å². The van der Waals surface area contributed by atoms with E-state index < -0.39 is 41.8 Å². The number of fused-ring (bicyclic) bond motifs is 1. The van der Waals surface area contributed by atoms with Crippen molar-refractivity contribution in [3.8, 4) is 0 Å². The Bertz CT molecular complexity index is 1100. The predicted octanol–water partition coefficient (Wildman–Crippen LogP) is 6.54. The third-order valence-electron chi connectivity index (χ3n) is 6.61. The number of anilines is 1. The molecule has 12 heteroatoms. The molecule has 2 heterocycles. The molecular formula is C24H24ClF6N3OS. The molecule has 0 radical (unpaired) electrons. The van der Waals surface area contributed by atoms with Crippen LogP contribution < -0.4 is 5.32 Å². The third-order valence-corrected chi connectivity index (χ3v) is 7.98. The van der Waals surface area contributed by atoms with Gasteiger partial charge in [-0.3, -0.25) is 9.78 Å². The number of hydrogen-bond acceptors (Lipinski definition) is 4. The Morgan fingerprint density at radius 3 is 2.39 bits per heavy atom. The highest BCUT2D eigenvalue weighted by molar-refractivity contribution is 7.99. The molecule has 1 saturated heterocycles. The van der Waals surface area contributed by atoms with Crippen LogP contribution in [0.25, 0.3) is 0 Å². The summed E-state index contributed by atoms with van der Waals surface area (Å²) in [5.41, 5.74) is -0.162. The largest absolute Gasteiger partial charge is 0.418 e. The molecule has 0 bridgehead atoms. The number of amides is 1. The Labute approximate surface area is 213 Å². The van der Waals surface area contributed by atoms with Crippen molar-refractivity contribution >= 4 is 35.0 Å². The number of nitrogens with zero attached hydrogens (tertiary/aromatic N) is 2. The lowest BCUT2D eigenvalue weighted by Gasteiger charge is -2.33. The number of nitrogens with one attached hydrogen (secondary N) is 1. The highest BCUT2D eigenvalue weighted by Gasteiger charge is 2.47. The number of rotatable bonds is 5. The Morgan fingerprint density at radius 2 is 1.81 bits per heavy atom. The first-order valence-electron chi connectivity index (χ1n) is 11.4. The fraction of sp³-hybridized carbons (Fsp3) is 0.500. The fourth-order valence-electron chi connectivity index (χ4n) is 4.91. The monoisotopic (exact) mass is 551 g/mol. The second-order valence-electron chi connectivity index (χ2n) is 9.06. The molecule has 2 unspecified atom stereocenters. The van der Waals surface area contributed by atoms with Crippen molar-refractivity contribution < 1.29 is 31.1 Å². The lowest BCUT2D eigenvalue weighted by atomic mass is 9.99. The quantitative estimate of drug-likeness (QED) is 0.429. The van der Waals surface area contributed by atoms with Crippen LogP contribution in [0.15, 0.2) is 30.5 Å². The van der Waals surface area contributed by atoms with Gasteiger partial charge in [0, 0.05) is 19.0 Å². The van der Waals surface area contributed by atoms with E-state index in [1.54, 1.807) is 17.8 Å². The lowest BCUT2D eigenvalue weighted by Crippen LogP contribution is -2.43. The molecule has 1 aromatic carbocycles. The molecule has 36 heavy (non-hydrogen) atoms. The first kappa shape index (κ1) is 26.9. The number of thioether (sulfide) groups is 1. The van der Waals surface area contributed by atoms with Gasteiger partial charge >= 0.3 is 12.4 Å². The minimum absolute atomic E-state index is 0.0641. The van der Waals surface area contributed by atoms with Crippen LogP contribution >= 0.6 is 23.4 Å². The van der Waals surface area contributed by atoms with Gasteiger partial charge in [0.05, 0.1) is 28.2 Å². The van der Waals surface area contributed by atoms with Crippen LogP contribution in [-0.4, -0.2) is 46.6 Å². The van der Waals surface area contributed by atoms with Crippen LogP contribution in [0, 0.1) is 5.92 Å². The second-order valence-corrected chi connectivity index (χ2v) is 10.7. The molecule has 1 fully saturated rings. The van der Waals surface area contributed by atoms with Gasteiger partial charge in [-0.25, -0.2) is 0 Å². The lowest BCUT2D eigenvalue weighted by molar-refractivity contribution is -0.191. The number of halogens is 7. The average Bonchev–Trinajstić information content (AvgIpc) is 3.20. The van der Waals surface area contributed by atoms with E-state index in [4.69, 9.17) is 11.6 Å². The van der Waals surface area contributed by atoms with E-state index in [9.17, 15) is 31.1 Å². The van der Waals surface area contributed by atoms with Crippen LogP contribution in [0.2, 0.25) is 5.02 Å². The molecule has 1 amide bonds. The smallest absolute Gasteiger partial charge is 0.380 e. The SMILES string of the molecule is CN(C(=O)C1CCSCC1)C(c1ccc(NC2Cc3ccc(Cl)c(C(F)(F)F)c3C2)cn1)C(F)(F)F. The number of benzene rings is 1. The normalized spacial score (nSPS) is 19.6. The van der Waals surface area contributed by atoms with E-state index in [1.807, 2.05) is 0 Å². The summed E-state index contributed by atoms with van der Waals surface area (Å²) in [5.74, 6) is 0.480. The van der Waals surface area contributed by atoms with Crippen LogP contribution in [0.5, 0.6) is 0 Å². The van der Waals surface area contributed by atoms with Crippen molar-refractivity contribution in [3.63, 3.8) is 0 Å². The maximum absolute atomic E-state index is 14.0. The molecule has 1 aliphatic heterocycles. The zero-order valence-electron chi connectivity index (χ0n) is 19.2. The fourth-order valence-corrected chi connectivity index (χ4v) is 6.30. The zero-order chi connectivity index (χ0) is 26.3. The number of alkyl halides is 6. The predicted molar refractivity (Wildman–Crippen MR) is 127 cm³/mol. The van der Waals surface area contributed by atoms with Crippen LogP contribution in [-0.2, 0) is 23.8 Å². The minimum atomic E-state index is -4.73. The van der Waals surface area contributed by atoms with Gasteiger partial charge in [-0.05, 0) is 66.5 Å². The maximum atomic E-state index is 14.0.